The van der Waals surface area contributed by atoms with Crippen molar-refractivity contribution in [1.82, 2.24) is 9.88 Å². The summed E-state index contributed by atoms with van der Waals surface area (Å²) in [6.07, 6.45) is 5.72. The topological polar surface area (TPSA) is 92.5 Å². The molecule has 0 spiro atoms. The molecule has 7 nitrogen and oxygen atoms in total. The highest BCUT2D eigenvalue weighted by atomic mass is 32.2. The van der Waals surface area contributed by atoms with E-state index >= 15 is 0 Å². The van der Waals surface area contributed by atoms with Gasteiger partial charge >= 0.3 is 0 Å². The molecule has 0 saturated carbocycles. The van der Waals surface area contributed by atoms with Crippen LogP contribution in [0.15, 0.2) is 33.7 Å². The molecule has 1 fully saturated rings. The van der Waals surface area contributed by atoms with Crippen molar-refractivity contribution in [2.45, 2.75) is 58.3 Å². The molecular formula is C24H29N3O4S. The number of aryl methyl sites for hydroxylation is 3. The smallest absolute Gasteiger partial charge is 0.289 e. The van der Waals surface area contributed by atoms with Crippen LogP contribution in [0.2, 0.25) is 0 Å². The Morgan fingerprint density at radius 1 is 1.03 bits per heavy atom. The Balaban J connectivity index is 1.83. The molecule has 8 heteroatoms. The minimum absolute atomic E-state index is 0.0498. The van der Waals surface area contributed by atoms with Gasteiger partial charge in [-0.15, -0.1) is 0 Å². The molecule has 4 rings (SSSR count). The fourth-order valence-corrected chi connectivity index (χ4v) is 5.72. The molecule has 32 heavy (non-hydrogen) atoms. The van der Waals surface area contributed by atoms with Crippen LogP contribution in [-0.2, 0) is 10.0 Å². The number of carbonyl (C=O) groups is 1. The maximum Gasteiger partial charge on any atom is 0.289 e. The lowest BCUT2D eigenvalue weighted by Crippen LogP contribution is -2.31. The van der Waals surface area contributed by atoms with Crippen molar-refractivity contribution in [3.8, 4) is 0 Å². The van der Waals surface area contributed by atoms with Gasteiger partial charge in [0.1, 0.15) is 10.7 Å². The van der Waals surface area contributed by atoms with E-state index in [2.05, 4.69) is 9.71 Å². The summed E-state index contributed by atoms with van der Waals surface area (Å²) >= 11 is 0. The van der Waals surface area contributed by atoms with E-state index in [-0.39, 0.29) is 28.0 Å². The molecule has 3 aromatic rings. The molecule has 1 N–H and O–H groups in total. The molecule has 1 aliphatic heterocycles. The van der Waals surface area contributed by atoms with Gasteiger partial charge < -0.3 is 9.32 Å². The van der Waals surface area contributed by atoms with Crippen LogP contribution < -0.4 is 4.72 Å². The number of nitrogens with zero attached hydrogens (tertiary/aromatic N) is 2. The van der Waals surface area contributed by atoms with Crippen molar-refractivity contribution in [3.05, 3.63) is 52.4 Å². The van der Waals surface area contributed by atoms with Crippen LogP contribution in [0, 0.1) is 27.7 Å². The molecule has 0 atom stereocenters. The third-order valence-electron chi connectivity index (χ3n) is 6.20. The van der Waals surface area contributed by atoms with E-state index in [1.54, 1.807) is 25.3 Å². The predicted molar refractivity (Wildman–Crippen MR) is 125 cm³/mol. The van der Waals surface area contributed by atoms with E-state index in [1.807, 2.05) is 31.7 Å². The molecule has 170 valence electrons. The quantitative estimate of drug-likeness (QED) is 0.605. The second-order valence-electron chi connectivity index (χ2n) is 8.61. The van der Waals surface area contributed by atoms with Gasteiger partial charge in [-0.2, -0.15) is 0 Å². The van der Waals surface area contributed by atoms with Crippen molar-refractivity contribution in [1.29, 1.82) is 0 Å². The summed E-state index contributed by atoms with van der Waals surface area (Å²) in [5.74, 6) is 0.285. The van der Waals surface area contributed by atoms with Crippen molar-refractivity contribution in [2.75, 3.05) is 17.8 Å². The highest BCUT2D eigenvalue weighted by Gasteiger charge is 2.30. The predicted octanol–water partition coefficient (Wildman–Crippen LogP) is 4.88. The lowest BCUT2D eigenvalue weighted by atomic mass is 10.0. The van der Waals surface area contributed by atoms with Crippen molar-refractivity contribution < 1.29 is 17.6 Å². The number of fused-ring (bicyclic) bond motifs is 1. The third kappa shape index (κ3) is 4.11. The summed E-state index contributed by atoms with van der Waals surface area (Å²) in [4.78, 5) is 19.3. The summed E-state index contributed by atoms with van der Waals surface area (Å²) < 4.78 is 35.5. The first kappa shape index (κ1) is 22.3. The van der Waals surface area contributed by atoms with Gasteiger partial charge in [-0.1, -0.05) is 12.8 Å². The summed E-state index contributed by atoms with van der Waals surface area (Å²) in [7, 11) is -4.00. The highest BCUT2D eigenvalue weighted by Crippen LogP contribution is 2.36. The monoisotopic (exact) mass is 455 g/mol. The number of carbonyl (C=O) groups excluding carboxylic acids is 1. The maximum atomic E-state index is 13.4. The Hall–Kier alpha value is -2.87. The van der Waals surface area contributed by atoms with Gasteiger partial charge in [0.25, 0.3) is 15.9 Å². The minimum Gasteiger partial charge on any atom is -0.449 e. The summed E-state index contributed by atoms with van der Waals surface area (Å²) in [5, 5.41) is 0.642. The molecule has 1 saturated heterocycles. The van der Waals surface area contributed by atoms with E-state index < -0.39 is 10.0 Å². The number of hydrogen-bond donors (Lipinski definition) is 1. The van der Waals surface area contributed by atoms with E-state index in [4.69, 9.17) is 4.42 Å². The molecule has 0 radical (unpaired) electrons. The Kier molecular flexibility index (Phi) is 5.99. The summed E-state index contributed by atoms with van der Waals surface area (Å²) in [6, 6.07) is 5.36. The van der Waals surface area contributed by atoms with Crippen LogP contribution in [0.1, 0.15) is 58.5 Å². The fourth-order valence-electron chi connectivity index (χ4n) is 4.27. The van der Waals surface area contributed by atoms with Crippen molar-refractivity contribution in [3.63, 3.8) is 0 Å². The minimum atomic E-state index is -4.00. The number of likely N-dealkylation sites (tertiary alicyclic amines) is 1. The molecule has 0 unspecified atom stereocenters. The summed E-state index contributed by atoms with van der Waals surface area (Å²) in [6.45, 7) is 8.69. The summed E-state index contributed by atoms with van der Waals surface area (Å²) in [5.41, 5.74) is 3.17. The van der Waals surface area contributed by atoms with E-state index in [0.717, 1.165) is 36.8 Å². The molecule has 1 amide bonds. The number of hydrogen-bond acceptors (Lipinski definition) is 5. The average Bonchev–Trinajstić information content (AvgIpc) is 2.91. The Morgan fingerprint density at radius 3 is 2.38 bits per heavy atom. The lowest BCUT2D eigenvalue weighted by molar-refractivity contribution is 0.0731. The lowest BCUT2D eigenvalue weighted by Gasteiger charge is -2.19. The van der Waals surface area contributed by atoms with Gasteiger partial charge in [-0.3, -0.25) is 9.52 Å². The normalized spacial score (nSPS) is 15.1. The van der Waals surface area contributed by atoms with Gasteiger partial charge in [0.05, 0.1) is 0 Å². The van der Waals surface area contributed by atoms with Gasteiger partial charge in [-0.05, 0) is 75.4 Å². The van der Waals surface area contributed by atoms with E-state index in [0.29, 0.717) is 29.6 Å². The zero-order chi connectivity index (χ0) is 23.0. The molecule has 1 aliphatic rings. The molecule has 2 aromatic heterocycles. The molecule has 0 aliphatic carbocycles. The van der Waals surface area contributed by atoms with Crippen molar-refractivity contribution in [2.24, 2.45) is 0 Å². The number of furan rings is 1. The number of nitrogens with one attached hydrogen (secondary N) is 1. The van der Waals surface area contributed by atoms with E-state index in [9.17, 15) is 13.2 Å². The Labute approximate surface area is 188 Å². The second-order valence-corrected chi connectivity index (χ2v) is 10.2. The molecule has 1 aromatic carbocycles. The number of benzene rings is 1. The van der Waals surface area contributed by atoms with Crippen LogP contribution in [0.5, 0.6) is 0 Å². The largest absolute Gasteiger partial charge is 0.449 e. The van der Waals surface area contributed by atoms with Crippen LogP contribution in [0.3, 0.4) is 0 Å². The van der Waals surface area contributed by atoms with Crippen LogP contribution in [0.4, 0.5) is 5.82 Å². The Bertz CT molecular complexity index is 1290. The molecule has 3 heterocycles. The average molecular weight is 456 g/mol. The first-order chi connectivity index (χ1) is 15.2. The number of aromatic nitrogens is 1. The van der Waals surface area contributed by atoms with Crippen LogP contribution in [-0.4, -0.2) is 37.3 Å². The number of amides is 1. The fraction of sp³-hybridized carbons (Fsp3) is 0.417. The van der Waals surface area contributed by atoms with E-state index in [1.165, 1.54) is 0 Å². The van der Waals surface area contributed by atoms with Gasteiger partial charge in [0, 0.05) is 30.2 Å². The van der Waals surface area contributed by atoms with Gasteiger partial charge in [0.2, 0.25) is 0 Å². The number of pyridine rings is 1. The number of anilines is 1. The van der Waals surface area contributed by atoms with Gasteiger partial charge in [0.15, 0.2) is 11.3 Å². The first-order valence-electron chi connectivity index (χ1n) is 11.0. The number of rotatable bonds is 4. The third-order valence-corrected chi connectivity index (χ3v) is 7.71. The number of sulfonamides is 1. The molecule has 0 bridgehead atoms. The Morgan fingerprint density at radius 2 is 1.72 bits per heavy atom. The zero-order valence-electron chi connectivity index (χ0n) is 19.0. The first-order valence-corrected chi connectivity index (χ1v) is 12.5. The second kappa shape index (κ2) is 8.58. The van der Waals surface area contributed by atoms with Crippen molar-refractivity contribution >= 4 is 32.7 Å². The molecular weight excluding hydrogens is 426 g/mol. The standard InChI is InChI=1S/C24H29N3O4S/c1-15-9-10-25-20(13-15)26-32(29,30)23-17(3)16(2)14-19-18(4)21(31-22(19)23)24(28)27-11-7-5-6-8-12-27/h9-10,13-14H,5-8,11-12H2,1-4H3,(H,25,26). The highest BCUT2D eigenvalue weighted by molar-refractivity contribution is 7.93. The van der Waals surface area contributed by atoms with Crippen LogP contribution >= 0.6 is 0 Å². The maximum absolute atomic E-state index is 13.4. The van der Waals surface area contributed by atoms with Crippen LogP contribution in [0.25, 0.3) is 11.0 Å². The zero-order valence-corrected chi connectivity index (χ0v) is 19.8. The SMILES string of the molecule is Cc1ccnc(NS(=O)(=O)c2c(C)c(C)cc3c(C)c(C(=O)N4CCCCCC4)oc23)c1. The van der Waals surface area contributed by atoms with Gasteiger partial charge in [-0.25, -0.2) is 13.4 Å².